The van der Waals surface area contributed by atoms with E-state index in [1.165, 1.54) is 18.6 Å². The Morgan fingerprint density at radius 3 is 2.41 bits per heavy atom. The lowest BCUT2D eigenvalue weighted by Gasteiger charge is -2.06. The monoisotopic (exact) mass is 237 g/mol. The molecule has 17 heavy (non-hydrogen) atoms. The minimum Gasteiger partial charge on any atom is -0.326 e. The second-order valence-electron chi connectivity index (χ2n) is 3.18. The number of aromatic nitrogens is 4. The van der Waals surface area contributed by atoms with E-state index in [-0.39, 0.29) is 29.5 Å². The molecule has 0 saturated heterocycles. The molecule has 0 radical (unpaired) electrons. The van der Waals surface area contributed by atoms with Crippen molar-refractivity contribution in [1.29, 1.82) is 0 Å². The van der Waals surface area contributed by atoms with Crippen molar-refractivity contribution < 1.29 is 8.78 Å². The summed E-state index contributed by atoms with van der Waals surface area (Å²) in [5.41, 5.74) is 5.18. The largest absolute Gasteiger partial charge is 0.326 e. The molecule has 2 aromatic rings. The fraction of sp³-hybridized carbons (Fsp3) is 0.200. The van der Waals surface area contributed by atoms with E-state index in [1.807, 2.05) is 0 Å². The van der Waals surface area contributed by atoms with Crippen molar-refractivity contribution in [3.63, 3.8) is 0 Å². The molecule has 7 heteroatoms. The van der Waals surface area contributed by atoms with E-state index in [0.717, 1.165) is 0 Å². The summed E-state index contributed by atoms with van der Waals surface area (Å²) in [4.78, 5) is 15.4. The lowest BCUT2D eigenvalue weighted by Crippen LogP contribution is -2.07. The minimum absolute atomic E-state index is 0.0321. The maximum atomic E-state index is 12.7. The van der Waals surface area contributed by atoms with Crippen LogP contribution in [0.5, 0.6) is 0 Å². The van der Waals surface area contributed by atoms with Crippen LogP contribution in [0.15, 0.2) is 24.7 Å². The van der Waals surface area contributed by atoms with Crippen LogP contribution in [0.4, 0.5) is 8.78 Å². The molecular formula is C10H9F2N5. The Balaban J connectivity index is 2.48. The van der Waals surface area contributed by atoms with E-state index in [9.17, 15) is 8.78 Å². The summed E-state index contributed by atoms with van der Waals surface area (Å²) in [5, 5.41) is 0. The highest BCUT2D eigenvalue weighted by Gasteiger charge is 2.17. The summed E-state index contributed by atoms with van der Waals surface area (Å²) in [6.07, 6.45) is 1.56. The van der Waals surface area contributed by atoms with Gasteiger partial charge in [0.1, 0.15) is 5.69 Å². The number of hydrogen-bond acceptors (Lipinski definition) is 5. The maximum Gasteiger partial charge on any atom is 0.280 e. The molecule has 2 rings (SSSR count). The lowest BCUT2D eigenvalue weighted by atomic mass is 10.2. The van der Waals surface area contributed by atoms with Gasteiger partial charge in [-0.15, -0.1) is 0 Å². The van der Waals surface area contributed by atoms with Gasteiger partial charge in [0.25, 0.3) is 6.43 Å². The fourth-order valence-electron chi connectivity index (χ4n) is 1.29. The van der Waals surface area contributed by atoms with Crippen LogP contribution >= 0.6 is 0 Å². The Labute approximate surface area is 95.8 Å². The summed E-state index contributed by atoms with van der Waals surface area (Å²) in [5.74, 6) is 0.274. The smallest absolute Gasteiger partial charge is 0.280 e. The van der Waals surface area contributed by atoms with E-state index in [4.69, 9.17) is 5.73 Å². The zero-order valence-electron chi connectivity index (χ0n) is 8.72. The van der Waals surface area contributed by atoms with E-state index in [1.54, 1.807) is 6.07 Å². The molecule has 2 N–H and O–H groups in total. The highest BCUT2D eigenvalue weighted by Crippen LogP contribution is 2.21. The van der Waals surface area contributed by atoms with Crippen molar-refractivity contribution in [3.05, 3.63) is 35.9 Å². The van der Waals surface area contributed by atoms with Gasteiger partial charge in [0.05, 0.1) is 0 Å². The van der Waals surface area contributed by atoms with E-state index >= 15 is 0 Å². The molecule has 0 aliphatic heterocycles. The molecule has 2 aromatic heterocycles. The standard InChI is InChI=1S/C10H9F2N5/c11-8(12)7-6(4-13)5-16-10(17-7)9-14-2-1-3-15-9/h1-3,5,8H,4,13H2. The average Bonchev–Trinajstić information content (AvgIpc) is 2.39. The minimum atomic E-state index is -2.70. The van der Waals surface area contributed by atoms with Crippen LogP contribution in [0, 0.1) is 0 Å². The van der Waals surface area contributed by atoms with Crippen LogP contribution < -0.4 is 5.73 Å². The zero-order valence-corrected chi connectivity index (χ0v) is 8.72. The van der Waals surface area contributed by atoms with Crippen molar-refractivity contribution in [2.75, 3.05) is 0 Å². The van der Waals surface area contributed by atoms with E-state index < -0.39 is 6.43 Å². The van der Waals surface area contributed by atoms with Crippen molar-refractivity contribution >= 4 is 0 Å². The number of nitrogens with zero attached hydrogens (tertiary/aromatic N) is 4. The predicted octanol–water partition coefficient (Wildman–Crippen LogP) is 1.33. The molecule has 0 bridgehead atoms. The van der Waals surface area contributed by atoms with Crippen molar-refractivity contribution in [2.45, 2.75) is 13.0 Å². The normalized spacial score (nSPS) is 10.8. The van der Waals surface area contributed by atoms with Gasteiger partial charge >= 0.3 is 0 Å². The second kappa shape index (κ2) is 4.88. The molecule has 88 valence electrons. The van der Waals surface area contributed by atoms with Crippen LogP contribution in [-0.4, -0.2) is 19.9 Å². The van der Waals surface area contributed by atoms with Gasteiger partial charge in [-0.2, -0.15) is 0 Å². The molecule has 0 unspecified atom stereocenters. The van der Waals surface area contributed by atoms with Gasteiger partial charge < -0.3 is 5.73 Å². The average molecular weight is 237 g/mol. The first-order valence-electron chi connectivity index (χ1n) is 4.83. The van der Waals surface area contributed by atoms with Crippen LogP contribution in [0.25, 0.3) is 11.6 Å². The molecule has 0 aliphatic rings. The van der Waals surface area contributed by atoms with E-state index in [0.29, 0.717) is 0 Å². The number of rotatable bonds is 3. The van der Waals surface area contributed by atoms with Gasteiger partial charge in [0.15, 0.2) is 11.6 Å². The Morgan fingerprint density at radius 1 is 1.12 bits per heavy atom. The van der Waals surface area contributed by atoms with Gasteiger partial charge in [-0.05, 0) is 6.07 Å². The third-order valence-corrected chi connectivity index (χ3v) is 2.09. The molecule has 0 spiro atoms. The number of halogens is 2. The van der Waals surface area contributed by atoms with Crippen molar-refractivity contribution in [2.24, 2.45) is 5.73 Å². The summed E-state index contributed by atoms with van der Waals surface area (Å²) in [6, 6.07) is 1.62. The first-order valence-corrected chi connectivity index (χ1v) is 4.83. The summed E-state index contributed by atoms with van der Waals surface area (Å²) >= 11 is 0. The van der Waals surface area contributed by atoms with Crippen LogP contribution in [0.3, 0.4) is 0 Å². The van der Waals surface area contributed by atoms with Crippen LogP contribution in [0.2, 0.25) is 0 Å². The zero-order chi connectivity index (χ0) is 12.3. The molecule has 0 atom stereocenters. The molecule has 0 aromatic carbocycles. The van der Waals surface area contributed by atoms with Crippen molar-refractivity contribution in [1.82, 2.24) is 19.9 Å². The molecular weight excluding hydrogens is 228 g/mol. The van der Waals surface area contributed by atoms with Gasteiger partial charge in [0, 0.05) is 30.7 Å². The Morgan fingerprint density at radius 2 is 1.82 bits per heavy atom. The fourth-order valence-corrected chi connectivity index (χ4v) is 1.29. The molecule has 5 nitrogen and oxygen atoms in total. The maximum absolute atomic E-state index is 12.7. The third-order valence-electron chi connectivity index (χ3n) is 2.09. The SMILES string of the molecule is NCc1cnc(-c2ncccn2)nc1C(F)F. The molecule has 0 fully saturated rings. The first-order chi connectivity index (χ1) is 8.22. The lowest BCUT2D eigenvalue weighted by molar-refractivity contribution is 0.144. The molecule has 2 heterocycles. The van der Waals surface area contributed by atoms with Crippen molar-refractivity contribution in [3.8, 4) is 11.6 Å². The summed E-state index contributed by atoms with van der Waals surface area (Å²) < 4.78 is 25.4. The van der Waals surface area contributed by atoms with Gasteiger partial charge in [-0.1, -0.05) is 0 Å². The second-order valence-corrected chi connectivity index (χ2v) is 3.18. The Kier molecular flexibility index (Phi) is 3.29. The number of alkyl halides is 2. The number of hydrogen-bond donors (Lipinski definition) is 1. The highest BCUT2D eigenvalue weighted by atomic mass is 19.3. The predicted molar refractivity (Wildman–Crippen MR) is 55.9 cm³/mol. The summed E-state index contributed by atoms with van der Waals surface area (Å²) in [7, 11) is 0. The summed E-state index contributed by atoms with van der Waals surface area (Å²) in [6.45, 7) is -0.0321. The van der Waals surface area contributed by atoms with Crippen LogP contribution in [0.1, 0.15) is 17.7 Å². The molecule has 0 saturated carbocycles. The highest BCUT2D eigenvalue weighted by molar-refractivity contribution is 5.43. The van der Waals surface area contributed by atoms with Gasteiger partial charge in [-0.3, -0.25) is 0 Å². The van der Waals surface area contributed by atoms with E-state index in [2.05, 4.69) is 19.9 Å². The topological polar surface area (TPSA) is 77.6 Å². The first kappa shape index (κ1) is 11.5. The quantitative estimate of drug-likeness (QED) is 0.871. The molecule has 0 aliphatic carbocycles. The third kappa shape index (κ3) is 2.39. The number of nitrogens with two attached hydrogens (primary N) is 1. The van der Waals surface area contributed by atoms with Gasteiger partial charge in [0.2, 0.25) is 0 Å². The van der Waals surface area contributed by atoms with Crippen LogP contribution in [-0.2, 0) is 6.54 Å². The Bertz CT molecular complexity index is 503. The Hall–Kier alpha value is -2.02. The molecule has 0 amide bonds. The van der Waals surface area contributed by atoms with Gasteiger partial charge in [-0.25, -0.2) is 28.7 Å².